The van der Waals surface area contributed by atoms with Gasteiger partial charge in [-0.2, -0.15) is 0 Å². The van der Waals surface area contributed by atoms with Gasteiger partial charge in [-0.25, -0.2) is 0 Å². The quantitative estimate of drug-likeness (QED) is 0.559. The monoisotopic (exact) mass is 418 g/mol. The average molecular weight is 418 g/mol. The second-order valence-electron chi connectivity index (χ2n) is 7.91. The molecule has 3 aromatic rings. The van der Waals surface area contributed by atoms with Crippen LogP contribution in [0.2, 0.25) is 0 Å². The van der Waals surface area contributed by atoms with Crippen LogP contribution in [0.25, 0.3) is 10.8 Å². The minimum atomic E-state index is -0.552. The molecule has 0 N–H and O–H groups in total. The van der Waals surface area contributed by atoms with Crippen LogP contribution in [0, 0.1) is 0 Å². The van der Waals surface area contributed by atoms with Gasteiger partial charge in [0.1, 0.15) is 18.3 Å². The second kappa shape index (κ2) is 8.91. The van der Waals surface area contributed by atoms with Crippen LogP contribution in [0.3, 0.4) is 0 Å². The summed E-state index contributed by atoms with van der Waals surface area (Å²) in [6, 6.07) is 24.6. The average Bonchev–Trinajstić information content (AvgIpc) is 2.83. The molecule has 5 nitrogen and oxygen atoms in total. The van der Waals surface area contributed by atoms with Crippen molar-refractivity contribution in [2.45, 2.75) is 37.5 Å². The van der Waals surface area contributed by atoms with Gasteiger partial charge in [-0.15, -0.1) is 0 Å². The van der Waals surface area contributed by atoms with Crippen LogP contribution >= 0.6 is 0 Å². The molecule has 5 rings (SSSR count). The third-order valence-corrected chi connectivity index (χ3v) is 5.85. The molecule has 2 saturated heterocycles. The van der Waals surface area contributed by atoms with E-state index < -0.39 is 12.6 Å². The lowest BCUT2D eigenvalue weighted by Crippen LogP contribution is -2.57. The Morgan fingerprint density at radius 1 is 0.935 bits per heavy atom. The minimum absolute atomic E-state index is 0.294. The molecular weight excluding hydrogens is 392 g/mol. The first kappa shape index (κ1) is 20.4. The molecule has 0 bridgehead atoms. The zero-order valence-electron chi connectivity index (χ0n) is 17.5. The number of ether oxygens (including phenoxy) is 5. The zero-order chi connectivity index (χ0) is 21.2. The van der Waals surface area contributed by atoms with E-state index in [0.717, 1.165) is 16.7 Å². The van der Waals surface area contributed by atoms with Crippen molar-refractivity contribution in [2.24, 2.45) is 0 Å². The van der Waals surface area contributed by atoms with Crippen molar-refractivity contribution in [3.05, 3.63) is 96.1 Å². The maximum atomic E-state index is 6.38. The molecule has 0 unspecified atom stereocenters. The summed E-state index contributed by atoms with van der Waals surface area (Å²) in [6.07, 6.45) is -2.02. The van der Waals surface area contributed by atoms with E-state index in [0.29, 0.717) is 13.2 Å². The lowest BCUT2D eigenvalue weighted by atomic mass is 9.96. The largest absolute Gasteiger partial charge is 0.366 e. The molecule has 2 fully saturated rings. The van der Waals surface area contributed by atoms with Crippen LogP contribution in [-0.2, 0) is 30.3 Å². The molecule has 2 aliphatic rings. The molecule has 31 heavy (non-hydrogen) atoms. The first-order valence-electron chi connectivity index (χ1n) is 10.5. The van der Waals surface area contributed by atoms with Crippen molar-refractivity contribution in [3.63, 3.8) is 0 Å². The van der Waals surface area contributed by atoms with E-state index in [1.165, 1.54) is 10.8 Å². The van der Waals surface area contributed by atoms with Gasteiger partial charge in [0.2, 0.25) is 0 Å². The topological polar surface area (TPSA) is 46.2 Å². The van der Waals surface area contributed by atoms with Gasteiger partial charge in [0.05, 0.1) is 13.2 Å². The van der Waals surface area contributed by atoms with Gasteiger partial charge < -0.3 is 23.7 Å². The molecule has 0 amide bonds. The molecule has 3 aromatic carbocycles. The van der Waals surface area contributed by atoms with E-state index in [1.807, 2.05) is 42.5 Å². The molecule has 0 aliphatic carbocycles. The van der Waals surface area contributed by atoms with Crippen molar-refractivity contribution in [2.75, 3.05) is 13.7 Å². The number of hydrogen-bond donors (Lipinski definition) is 0. The van der Waals surface area contributed by atoms with Crippen molar-refractivity contribution in [3.8, 4) is 0 Å². The van der Waals surface area contributed by atoms with Gasteiger partial charge >= 0.3 is 0 Å². The van der Waals surface area contributed by atoms with Gasteiger partial charge in [0.15, 0.2) is 12.6 Å². The maximum absolute atomic E-state index is 6.38. The van der Waals surface area contributed by atoms with E-state index in [4.69, 9.17) is 23.7 Å². The van der Waals surface area contributed by atoms with Crippen LogP contribution in [-0.4, -0.2) is 38.3 Å². The second-order valence-corrected chi connectivity index (χ2v) is 7.91. The number of fused-ring (bicyclic) bond motifs is 2. The summed E-state index contributed by atoms with van der Waals surface area (Å²) in [4.78, 5) is 0. The van der Waals surface area contributed by atoms with E-state index in [-0.39, 0.29) is 18.3 Å². The highest BCUT2D eigenvalue weighted by molar-refractivity contribution is 5.82. The van der Waals surface area contributed by atoms with E-state index in [1.54, 1.807) is 7.11 Å². The molecule has 5 atom stereocenters. The van der Waals surface area contributed by atoms with Crippen molar-refractivity contribution < 1.29 is 23.7 Å². The molecule has 2 heterocycles. The Kier molecular flexibility index (Phi) is 5.85. The fraction of sp³-hybridized carbons (Fsp3) is 0.308. The van der Waals surface area contributed by atoms with Crippen molar-refractivity contribution in [1.82, 2.24) is 0 Å². The number of methoxy groups -OCH3 is 1. The highest BCUT2D eigenvalue weighted by atomic mass is 16.7. The standard InChI is InChI=1S/C26H26O5/c1-17-23(28-15-18-12-13-19-8-6-7-11-21(19)14-18)24-22(30-25(17)27-2)16-29-26(31-24)20-9-4-3-5-10-20/h3-14,22-26H,1,15-16H2,2H3/t22-,23-,24-,25+,26-/m1/s1. The summed E-state index contributed by atoms with van der Waals surface area (Å²) >= 11 is 0. The van der Waals surface area contributed by atoms with Gasteiger partial charge in [-0.1, -0.05) is 73.3 Å². The van der Waals surface area contributed by atoms with Gasteiger partial charge in [-0.3, -0.25) is 0 Å². The molecule has 0 aromatic heterocycles. The smallest absolute Gasteiger partial charge is 0.184 e. The summed E-state index contributed by atoms with van der Waals surface area (Å²) in [5.74, 6) is 0. The Bertz CT molecular complexity index is 1050. The molecule has 2 aliphatic heterocycles. The molecule has 160 valence electrons. The summed E-state index contributed by atoms with van der Waals surface area (Å²) in [7, 11) is 1.61. The lowest BCUT2D eigenvalue weighted by Gasteiger charge is -2.46. The fourth-order valence-corrected chi connectivity index (χ4v) is 4.23. The summed E-state index contributed by atoms with van der Waals surface area (Å²) < 4.78 is 30.1. The van der Waals surface area contributed by atoms with Gasteiger partial charge in [0.25, 0.3) is 0 Å². The van der Waals surface area contributed by atoms with E-state index in [9.17, 15) is 0 Å². The van der Waals surface area contributed by atoms with Crippen LogP contribution in [0.5, 0.6) is 0 Å². The Labute approximate surface area is 182 Å². The van der Waals surface area contributed by atoms with Gasteiger partial charge in [0, 0.05) is 18.2 Å². The molecule has 5 heteroatoms. The molecular formula is C26H26O5. The minimum Gasteiger partial charge on any atom is -0.366 e. The fourth-order valence-electron chi connectivity index (χ4n) is 4.23. The highest BCUT2D eigenvalue weighted by Crippen LogP contribution is 2.37. The predicted molar refractivity (Wildman–Crippen MR) is 117 cm³/mol. The van der Waals surface area contributed by atoms with Gasteiger partial charge in [-0.05, 0) is 22.4 Å². The van der Waals surface area contributed by atoms with Crippen LogP contribution in [0.4, 0.5) is 0 Å². The van der Waals surface area contributed by atoms with Crippen molar-refractivity contribution >= 4 is 10.8 Å². The summed E-state index contributed by atoms with van der Waals surface area (Å²) in [5.41, 5.74) is 2.78. The summed E-state index contributed by atoms with van der Waals surface area (Å²) in [6.45, 7) is 5.04. The Morgan fingerprint density at radius 3 is 2.52 bits per heavy atom. The maximum Gasteiger partial charge on any atom is 0.184 e. The Morgan fingerprint density at radius 2 is 1.71 bits per heavy atom. The number of rotatable bonds is 5. The van der Waals surface area contributed by atoms with E-state index in [2.05, 4.69) is 36.9 Å². The van der Waals surface area contributed by atoms with Crippen LogP contribution in [0.1, 0.15) is 17.4 Å². The van der Waals surface area contributed by atoms with Crippen molar-refractivity contribution in [1.29, 1.82) is 0 Å². The van der Waals surface area contributed by atoms with Crippen LogP contribution in [0.15, 0.2) is 84.9 Å². The Balaban J connectivity index is 1.36. The zero-order valence-corrected chi connectivity index (χ0v) is 17.5. The number of benzene rings is 3. The molecule has 0 radical (unpaired) electrons. The van der Waals surface area contributed by atoms with E-state index >= 15 is 0 Å². The first-order valence-corrected chi connectivity index (χ1v) is 10.5. The lowest BCUT2D eigenvalue weighted by molar-refractivity contribution is -0.322. The third kappa shape index (κ3) is 4.15. The first-order chi connectivity index (χ1) is 15.2. The third-order valence-electron chi connectivity index (χ3n) is 5.85. The molecule has 0 spiro atoms. The molecule has 0 saturated carbocycles. The number of hydrogen-bond acceptors (Lipinski definition) is 5. The summed E-state index contributed by atoms with van der Waals surface area (Å²) in [5, 5.41) is 2.40. The normalized spacial score (nSPS) is 28.4. The predicted octanol–water partition coefficient (Wildman–Crippen LogP) is 4.77. The Hall–Kier alpha value is -2.54. The highest BCUT2D eigenvalue weighted by Gasteiger charge is 2.47. The van der Waals surface area contributed by atoms with Crippen LogP contribution < -0.4 is 0 Å². The SMILES string of the molecule is C=C1[C@@H](OC)O[C@@H]2CO[C@@H](c3ccccc3)O[C@H]2[C@@H]1OCc1ccc2ccccc2c1.